The SMILES string of the molecule is COC(=O)c1ccccc1Nc1ccc(C(=O)N2CCc3ccccc32)cn1. The molecule has 6 nitrogen and oxygen atoms in total. The Kier molecular flexibility index (Phi) is 4.76. The van der Waals surface area contributed by atoms with Crippen molar-refractivity contribution in [1.82, 2.24) is 4.98 Å². The standard InChI is InChI=1S/C22H19N3O3/c1-28-22(27)17-7-3-4-8-18(17)24-20-11-10-16(14-23-20)21(26)25-13-12-15-6-2-5-9-19(15)25/h2-11,14H,12-13H2,1H3,(H,23,24). The van der Waals surface area contributed by atoms with Crippen LogP contribution in [0.2, 0.25) is 0 Å². The van der Waals surface area contributed by atoms with Gasteiger partial charge in [0, 0.05) is 18.4 Å². The lowest BCUT2D eigenvalue weighted by Gasteiger charge is -2.17. The molecule has 1 aromatic heterocycles. The van der Waals surface area contributed by atoms with Crippen molar-refractivity contribution in [3.63, 3.8) is 0 Å². The van der Waals surface area contributed by atoms with Crippen LogP contribution in [-0.2, 0) is 11.2 Å². The number of methoxy groups -OCH3 is 1. The molecule has 6 heteroatoms. The fourth-order valence-corrected chi connectivity index (χ4v) is 3.32. The number of aromatic nitrogens is 1. The van der Waals surface area contributed by atoms with E-state index in [-0.39, 0.29) is 5.91 Å². The summed E-state index contributed by atoms with van der Waals surface area (Å²) in [6.07, 6.45) is 2.41. The van der Waals surface area contributed by atoms with Crippen molar-refractivity contribution in [1.29, 1.82) is 0 Å². The summed E-state index contributed by atoms with van der Waals surface area (Å²) < 4.78 is 4.80. The van der Waals surface area contributed by atoms with E-state index in [1.807, 2.05) is 30.3 Å². The predicted octanol–water partition coefficient (Wildman–Crippen LogP) is 3.81. The Labute approximate surface area is 162 Å². The van der Waals surface area contributed by atoms with Crippen LogP contribution in [0.1, 0.15) is 26.3 Å². The summed E-state index contributed by atoms with van der Waals surface area (Å²) in [6.45, 7) is 0.671. The first-order valence-corrected chi connectivity index (χ1v) is 8.97. The molecule has 2 aromatic carbocycles. The van der Waals surface area contributed by atoms with E-state index in [2.05, 4.69) is 10.3 Å². The molecule has 3 aromatic rings. The second-order valence-corrected chi connectivity index (χ2v) is 6.43. The van der Waals surface area contributed by atoms with Gasteiger partial charge in [0.2, 0.25) is 0 Å². The number of amides is 1. The lowest BCUT2D eigenvalue weighted by Crippen LogP contribution is -2.28. The molecule has 0 fully saturated rings. The first-order valence-electron chi connectivity index (χ1n) is 8.97. The summed E-state index contributed by atoms with van der Waals surface area (Å²) in [5.74, 6) is 0.0382. The average molecular weight is 373 g/mol. The molecule has 2 heterocycles. The van der Waals surface area contributed by atoms with Crippen LogP contribution in [0, 0.1) is 0 Å². The first kappa shape index (κ1) is 17.7. The van der Waals surface area contributed by atoms with Crippen molar-refractivity contribution in [2.24, 2.45) is 0 Å². The molecule has 0 spiro atoms. The summed E-state index contributed by atoms with van der Waals surface area (Å²) in [7, 11) is 1.34. The van der Waals surface area contributed by atoms with Gasteiger partial charge in [0.1, 0.15) is 5.82 Å². The number of hydrogen-bond donors (Lipinski definition) is 1. The maximum atomic E-state index is 12.9. The van der Waals surface area contributed by atoms with Crippen LogP contribution in [0.4, 0.5) is 17.2 Å². The molecule has 0 saturated heterocycles. The number of anilines is 3. The van der Waals surface area contributed by atoms with E-state index in [0.717, 1.165) is 12.1 Å². The molecular weight excluding hydrogens is 354 g/mol. The van der Waals surface area contributed by atoms with Crippen LogP contribution >= 0.6 is 0 Å². The van der Waals surface area contributed by atoms with Crippen molar-refractivity contribution >= 4 is 29.1 Å². The Morgan fingerprint density at radius 2 is 1.82 bits per heavy atom. The van der Waals surface area contributed by atoms with Gasteiger partial charge in [0.15, 0.2) is 0 Å². The monoisotopic (exact) mass is 373 g/mol. The van der Waals surface area contributed by atoms with Crippen LogP contribution < -0.4 is 10.2 Å². The highest BCUT2D eigenvalue weighted by atomic mass is 16.5. The molecule has 140 valence electrons. The number of pyridine rings is 1. The Morgan fingerprint density at radius 1 is 1.04 bits per heavy atom. The first-order chi connectivity index (χ1) is 13.7. The molecule has 4 rings (SSSR count). The van der Waals surface area contributed by atoms with Crippen LogP contribution in [0.3, 0.4) is 0 Å². The number of carbonyl (C=O) groups is 2. The minimum absolute atomic E-state index is 0.0704. The Hall–Kier alpha value is -3.67. The normalized spacial score (nSPS) is 12.4. The van der Waals surface area contributed by atoms with E-state index in [1.54, 1.807) is 41.4 Å². The van der Waals surface area contributed by atoms with Gasteiger partial charge in [0.05, 0.1) is 23.9 Å². The number of esters is 1. The van der Waals surface area contributed by atoms with E-state index in [0.29, 0.717) is 29.2 Å². The van der Waals surface area contributed by atoms with E-state index in [1.165, 1.54) is 12.7 Å². The zero-order valence-electron chi connectivity index (χ0n) is 15.4. The number of nitrogens with one attached hydrogen (secondary N) is 1. The third kappa shape index (κ3) is 3.32. The fourth-order valence-electron chi connectivity index (χ4n) is 3.32. The van der Waals surface area contributed by atoms with Gasteiger partial charge in [-0.1, -0.05) is 30.3 Å². The topological polar surface area (TPSA) is 71.5 Å². The minimum atomic E-state index is -0.428. The molecule has 1 N–H and O–H groups in total. The maximum absolute atomic E-state index is 12.9. The van der Waals surface area contributed by atoms with Gasteiger partial charge in [-0.15, -0.1) is 0 Å². The van der Waals surface area contributed by atoms with E-state index in [4.69, 9.17) is 4.74 Å². The molecule has 28 heavy (non-hydrogen) atoms. The highest BCUT2D eigenvalue weighted by Crippen LogP contribution is 2.29. The summed E-state index contributed by atoms with van der Waals surface area (Å²) in [5, 5.41) is 3.10. The van der Waals surface area contributed by atoms with Crippen molar-refractivity contribution in [3.05, 3.63) is 83.6 Å². The number of rotatable bonds is 4. The van der Waals surface area contributed by atoms with Gasteiger partial charge >= 0.3 is 5.97 Å². The summed E-state index contributed by atoms with van der Waals surface area (Å²) in [6, 6.07) is 18.4. The number of para-hydroxylation sites is 2. The predicted molar refractivity (Wildman–Crippen MR) is 107 cm³/mol. The maximum Gasteiger partial charge on any atom is 0.339 e. The highest BCUT2D eigenvalue weighted by Gasteiger charge is 2.25. The Morgan fingerprint density at radius 3 is 2.61 bits per heavy atom. The lowest BCUT2D eigenvalue weighted by atomic mass is 10.1. The lowest BCUT2D eigenvalue weighted by molar-refractivity contribution is 0.0601. The Balaban J connectivity index is 1.53. The number of benzene rings is 2. The molecule has 1 amide bonds. The van der Waals surface area contributed by atoms with Crippen molar-refractivity contribution in [3.8, 4) is 0 Å². The average Bonchev–Trinajstić information content (AvgIpc) is 3.18. The summed E-state index contributed by atoms with van der Waals surface area (Å²) in [4.78, 5) is 30.9. The van der Waals surface area contributed by atoms with Gasteiger partial charge in [0.25, 0.3) is 5.91 Å². The zero-order valence-corrected chi connectivity index (χ0v) is 15.4. The Bertz CT molecular complexity index is 1030. The molecule has 0 radical (unpaired) electrons. The molecule has 1 aliphatic rings. The second kappa shape index (κ2) is 7.52. The van der Waals surface area contributed by atoms with Gasteiger partial charge in [-0.05, 0) is 42.3 Å². The third-order valence-corrected chi connectivity index (χ3v) is 4.74. The molecule has 0 atom stereocenters. The van der Waals surface area contributed by atoms with Gasteiger partial charge in [-0.3, -0.25) is 4.79 Å². The van der Waals surface area contributed by atoms with E-state index in [9.17, 15) is 9.59 Å². The van der Waals surface area contributed by atoms with Gasteiger partial charge in [-0.25, -0.2) is 9.78 Å². The quantitative estimate of drug-likeness (QED) is 0.704. The minimum Gasteiger partial charge on any atom is -0.465 e. The van der Waals surface area contributed by atoms with Crippen molar-refractivity contribution < 1.29 is 14.3 Å². The van der Waals surface area contributed by atoms with E-state index >= 15 is 0 Å². The second-order valence-electron chi connectivity index (χ2n) is 6.43. The fraction of sp³-hybridized carbons (Fsp3) is 0.136. The van der Waals surface area contributed by atoms with Crippen molar-refractivity contribution in [2.45, 2.75) is 6.42 Å². The molecule has 0 bridgehead atoms. The van der Waals surface area contributed by atoms with Gasteiger partial charge in [-0.2, -0.15) is 0 Å². The largest absolute Gasteiger partial charge is 0.465 e. The number of hydrogen-bond acceptors (Lipinski definition) is 5. The number of carbonyl (C=O) groups excluding carboxylic acids is 2. The summed E-state index contributed by atoms with van der Waals surface area (Å²) in [5.41, 5.74) is 3.67. The molecule has 1 aliphatic heterocycles. The summed E-state index contributed by atoms with van der Waals surface area (Å²) >= 11 is 0. The molecule has 0 unspecified atom stereocenters. The van der Waals surface area contributed by atoms with Crippen LogP contribution in [-0.4, -0.2) is 30.5 Å². The van der Waals surface area contributed by atoms with E-state index < -0.39 is 5.97 Å². The molecule has 0 saturated carbocycles. The van der Waals surface area contributed by atoms with Crippen LogP contribution in [0.5, 0.6) is 0 Å². The molecular formula is C22H19N3O3. The number of ether oxygens (including phenoxy) is 1. The smallest absolute Gasteiger partial charge is 0.339 e. The molecule has 0 aliphatic carbocycles. The third-order valence-electron chi connectivity index (χ3n) is 4.74. The number of fused-ring (bicyclic) bond motifs is 1. The van der Waals surface area contributed by atoms with Crippen molar-refractivity contribution in [2.75, 3.05) is 23.9 Å². The zero-order chi connectivity index (χ0) is 19.5. The van der Waals surface area contributed by atoms with Crippen LogP contribution in [0.15, 0.2) is 66.9 Å². The van der Waals surface area contributed by atoms with Crippen LogP contribution in [0.25, 0.3) is 0 Å². The number of nitrogens with zero attached hydrogens (tertiary/aromatic N) is 2. The highest BCUT2D eigenvalue weighted by molar-refractivity contribution is 6.07. The van der Waals surface area contributed by atoms with Gasteiger partial charge < -0.3 is 15.0 Å².